The van der Waals surface area contributed by atoms with Gasteiger partial charge in [-0.05, 0) is 0 Å². The smallest absolute Gasteiger partial charge is 0.394 e. The average Bonchev–Trinajstić information content (AvgIpc) is 2.86. The molecule has 20 heteroatoms. The number of phosphoric acid groups is 1. The topological polar surface area (TPSA) is 315 Å². The molecule has 0 aromatic carbocycles. The predicted octanol–water partition coefficient (Wildman–Crippen LogP) is -7.46. The van der Waals surface area contributed by atoms with Gasteiger partial charge in [0, 0.05) is 0 Å². The number of rotatable bonds is 9. The van der Waals surface area contributed by atoms with Gasteiger partial charge in [0.2, 0.25) is 0 Å². The maximum Gasteiger partial charge on any atom is 0.469 e. The second-order valence-electron chi connectivity index (χ2n) is 8.98. The van der Waals surface area contributed by atoms with Gasteiger partial charge < -0.3 is 84.5 Å². The fourth-order valence-electron chi connectivity index (χ4n) is 4.09. The molecule has 3 saturated heterocycles. The first-order valence-corrected chi connectivity index (χ1v) is 12.9. The summed E-state index contributed by atoms with van der Waals surface area (Å²) in [5, 5.41) is 100.0. The molecule has 0 radical (unpaired) electrons. The summed E-state index contributed by atoms with van der Waals surface area (Å²) in [5.74, 6) is 0. The normalized spacial score (nSPS) is 48.7. The third-order valence-electron chi connectivity index (χ3n) is 6.30. The summed E-state index contributed by atoms with van der Waals surface area (Å²) in [6.45, 7) is -2.50. The molecule has 3 rings (SSSR count). The van der Waals surface area contributed by atoms with Crippen LogP contribution in [0.5, 0.6) is 0 Å². The maximum absolute atomic E-state index is 11.1. The lowest BCUT2D eigenvalue weighted by atomic mass is 9.97. The Labute approximate surface area is 214 Å². The summed E-state index contributed by atoms with van der Waals surface area (Å²) in [6, 6.07) is 0. The predicted molar refractivity (Wildman–Crippen MR) is 112 cm³/mol. The molecule has 0 aromatic heterocycles. The Hall–Kier alpha value is -0.490. The second-order valence-corrected chi connectivity index (χ2v) is 10.2. The van der Waals surface area contributed by atoms with E-state index in [1.54, 1.807) is 0 Å². The van der Waals surface area contributed by atoms with Crippen LogP contribution in [0, 0.1) is 0 Å². The summed E-state index contributed by atoms with van der Waals surface area (Å²) in [6.07, 6.45) is -26.9. The molecule has 0 bridgehead atoms. The molecule has 3 aliphatic heterocycles. The lowest BCUT2D eigenvalue weighted by Crippen LogP contribution is -2.65. The van der Waals surface area contributed by atoms with Gasteiger partial charge in [0.05, 0.1) is 19.8 Å². The van der Waals surface area contributed by atoms with Gasteiger partial charge in [-0.3, -0.25) is 4.52 Å². The van der Waals surface area contributed by atoms with Crippen LogP contribution in [-0.2, 0) is 32.8 Å². The van der Waals surface area contributed by atoms with E-state index >= 15 is 0 Å². The van der Waals surface area contributed by atoms with Crippen LogP contribution in [0.4, 0.5) is 0 Å². The van der Waals surface area contributed by atoms with Crippen molar-refractivity contribution in [1.82, 2.24) is 0 Å². The van der Waals surface area contributed by atoms with Gasteiger partial charge in [-0.25, -0.2) is 4.57 Å². The standard InChI is InChI=1S/C18H33O19P/c19-1-4-7(20)11(24)14(27)17(35-4)37-15-12(25)9(22)6(3-33-38(29,30)31)36-18(15)32-2-5-8(21)10(23)13(26)16(28)34-5/h4-28H,1-3H2,(H2,29,30,31)/t4-,5-,6-,7-,8-,9-,10+,11+,12+,13+,14+,15+,16?,17-,18+/m1/s1. The number of phosphoric ester groups is 1. The van der Waals surface area contributed by atoms with Crippen molar-refractivity contribution in [3.8, 4) is 0 Å². The van der Waals surface area contributed by atoms with Crippen LogP contribution >= 0.6 is 7.82 Å². The quantitative estimate of drug-likeness (QED) is 0.112. The van der Waals surface area contributed by atoms with Crippen LogP contribution < -0.4 is 0 Å². The number of hydrogen-bond donors (Lipinski definition) is 12. The van der Waals surface area contributed by atoms with E-state index in [-0.39, 0.29) is 0 Å². The summed E-state index contributed by atoms with van der Waals surface area (Å²) in [7, 11) is -5.04. The van der Waals surface area contributed by atoms with E-state index in [1.165, 1.54) is 0 Å². The van der Waals surface area contributed by atoms with Crippen molar-refractivity contribution in [1.29, 1.82) is 0 Å². The molecule has 0 aromatic rings. The van der Waals surface area contributed by atoms with E-state index in [1.807, 2.05) is 0 Å². The van der Waals surface area contributed by atoms with Crippen LogP contribution in [-0.4, -0.2) is 173 Å². The van der Waals surface area contributed by atoms with Crippen LogP contribution in [0.3, 0.4) is 0 Å². The van der Waals surface area contributed by atoms with Crippen LogP contribution in [0.15, 0.2) is 0 Å². The van der Waals surface area contributed by atoms with Crippen molar-refractivity contribution in [3.63, 3.8) is 0 Å². The molecular weight excluding hydrogens is 551 g/mol. The SMILES string of the molecule is O=P(O)(O)OC[C@H]1O[C@H](OC[C@H]2OC(O)[C@@H](O)[C@@H](O)[C@@H]2O)[C@@H](O[C@H]2O[C@H](CO)[C@@H](O)[C@H](O)[C@@H]2O)[C@@H](O)[C@@H]1O. The van der Waals surface area contributed by atoms with Crippen molar-refractivity contribution in [2.24, 2.45) is 0 Å². The first-order valence-electron chi connectivity index (χ1n) is 11.3. The average molecular weight is 584 g/mol. The molecule has 3 aliphatic rings. The number of hydrogen-bond acceptors (Lipinski definition) is 17. The minimum absolute atomic E-state index is 0.726. The summed E-state index contributed by atoms with van der Waals surface area (Å²) >= 11 is 0. The molecule has 0 saturated carbocycles. The molecule has 3 fully saturated rings. The Bertz CT molecular complexity index is 798. The van der Waals surface area contributed by atoms with Gasteiger partial charge in [0.25, 0.3) is 0 Å². The minimum atomic E-state index is -5.04. The first-order chi connectivity index (χ1) is 17.7. The molecule has 0 spiro atoms. The first kappa shape index (κ1) is 32.0. The molecule has 1 unspecified atom stereocenters. The van der Waals surface area contributed by atoms with Gasteiger partial charge in [-0.1, -0.05) is 0 Å². The highest BCUT2D eigenvalue weighted by Crippen LogP contribution is 2.38. The van der Waals surface area contributed by atoms with E-state index < -0.39 is 120 Å². The van der Waals surface area contributed by atoms with Gasteiger partial charge in [-0.15, -0.1) is 0 Å². The molecular formula is C18H33O19P. The van der Waals surface area contributed by atoms with Crippen molar-refractivity contribution >= 4 is 7.82 Å². The van der Waals surface area contributed by atoms with E-state index in [0.717, 1.165) is 0 Å². The molecule has 224 valence electrons. The van der Waals surface area contributed by atoms with E-state index in [0.29, 0.717) is 0 Å². The van der Waals surface area contributed by atoms with Gasteiger partial charge in [0.1, 0.15) is 73.2 Å². The zero-order valence-electron chi connectivity index (χ0n) is 19.5. The highest BCUT2D eigenvalue weighted by molar-refractivity contribution is 7.46. The fourth-order valence-corrected chi connectivity index (χ4v) is 4.43. The van der Waals surface area contributed by atoms with E-state index in [9.17, 15) is 55.6 Å². The molecule has 15 atom stereocenters. The minimum Gasteiger partial charge on any atom is -0.394 e. The highest BCUT2D eigenvalue weighted by atomic mass is 31.2. The fraction of sp³-hybridized carbons (Fsp3) is 1.00. The van der Waals surface area contributed by atoms with Gasteiger partial charge in [0.15, 0.2) is 18.9 Å². The molecule has 19 nitrogen and oxygen atoms in total. The molecule has 0 aliphatic carbocycles. The van der Waals surface area contributed by atoms with Crippen LogP contribution in [0.25, 0.3) is 0 Å². The summed E-state index contributed by atoms with van der Waals surface area (Å²) in [4.78, 5) is 17.9. The molecule has 3 heterocycles. The molecule has 12 N–H and O–H groups in total. The number of ether oxygens (including phenoxy) is 5. The van der Waals surface area contributed by atoms with Gasteiger partial charge >= 0.3 is 7.82 Å². The number of aliphatic hydroxyl groups is 10. The van der Waals surface area contributed by atoms with E-state index in [4.69, 9.17) is 33.5 Å². The Morgan fingerprint density at radius 2 is 1.13 bits per heavy atom. The summed E-state index contributed by atoms with van der Waals surface area (Å²) < 4.78 is 41.9. The zero-order chi connectivity index (χ0) is 28.5. The summed E-state index contributed by atoms with van der Waals surface area (Å²) in [5.41, 5.74) is 0. The Balaban J connectivity index is 1.78. The van der Waals surface area contributed by atoms with Crippen molar-refractivity contribution in [2.45, 2.75) is 92.1 Å². The van der Waals surface area contributed by atoms with Crippen LogP contribution in [0.2, 0.25) is 0 Å². The third kappa shape index (κ3) is 7.22. The van der Waals surface area contributed by atoms with Crippen molar-refractivity contribution in [2.75, 3.05) is 19.8 Å². The largest absolute Gasteiger partial charge is 0.469 e. The molecule has 38 heavy (non-hydrogen) atoms. The third-order valence-corrected chi connectivity index (χ3v) is 6.79. The van der Waals surface area contributed by atoms with Crippen molar-refractivity contribution < 1.29 is 93.6 Å². The highest BCUT2D eigenvalue weighted by Gasteiger charge is 2.52. The van der Waals surface area contributed by atoms with Gasteiger partial charge in [-0.2, -0.15) is 0 Å². The van der Waals surface area contributed by atoms with Crippen molar-refractivity contribution in [3.05, 3.63) is 0 Å². The lowest BCUT2D eigenvalue weighted by molar-refractivity contribution is -0.372. The van der Waals surface area contributed by atoms with E-state index in [2.05, 4.69) is 4.52 Å². The molecule has 0 amide bonds. The second kappa shape index (κ2) is 13.0. The monoisotopic (exact) mass is 584 g/mol. The van der Waals surface area contributed by atoms with Crippen LogP contribution in [0.1, 0.15) is 0 Å². The Kier molecular flexibility index (Phi) is 11.0. The zero-order valence-corrected chi connectivity index (χ0v) is 20.3. The number of aliphatic hydroxyl groups excluding tert-OH is 10. The maximum atomic E-state index is 11.1. The Morgan fingerprint density at radius 1 is 0.605 bits per heavy atom. The lowest BCUT2D eigenvalue weighted by Gasteiger charge is -2.46. The Morgan fingerprint density at radius 3 is 1.74 bits per heavy atom.